The Labute approximate surface area is 200 Å². The first-order valence-electron chi connectivity index (χ1n) is 11.1. The average Bonchev–Trinajstić information content (AvgIpc) is 3.53. The zero-order valence-corrected chi connectivity index (χ0v) is 18.7. The Morgan fingerprint density at radius 2 is 1.57 bits per heavy atom. The van der Waals surface area contributed by atoms with Crippen molar-refractivity contribution in [1.82, 2.24) is 15.3 Å². The van der Waals surface area contributed by atoms with Gasteiger partial charge >= 0.3 is 12.1 Å². The monoisotopic (exact) mass is 479 g/mol. The molecular formula is C27H24F3N3O2. The minimum atomic E-state index is -5.08. The molecule has 1 aliphatic rings. The number of nitrogens with zero attached hydrogens (tertiary/aromatic N) is 1. The molecule has 5 rings (SSSR count). The number of nitrogens with one attached hydrogen (secondary N) is 2. The second-order valence-corrected chi connectivity index (χ2v) is 8.30. The summed E-state index contributed by atoms with van der Waals surface area (Å²) in [5.41, 5.74) is 8.96. The number of H-pyrrole nitrogens is 1. The third-order valence-corrected chi connectivity index (χ3v) is 5.85. The van der Waals surface area contributed by atoms with Crippen LogP contribution in [0.1, 0.15) is 16.7 Å². The molecule has 0 radical (unpaired) electrons. The van der Waals surface area contributed by atoms with Gasteiger partial charge in [0.25, 0.3) is 0 Å². The summed E-state index contributed by atoms with van der Waals surface area (Å²) in [4.78, 5) is 16.2. The predicted molar refractivity (Wildman–Crippen MR) is 128 cm³/mol. The van der Waals surface area contributed by atoms with Crippen LogP contribution < -0.4 is 5.32 Å². The fraction of sp³-hybridized carbons (Fsp3) is 0.185. The van der Waals surface area contributed by atoms with E-state index in [0.717, 1.165) is 30.6 Å². The first-order chi connectivity index (χ1) is 16.8. The van der Waals surface area contributed by atoms with Crippen molar-refractivity contribution in [2.75, 3.05) is 0 Å². The Hall–Kier alpha value is -3.91. The maximum Gasteiger partial charge on any atom is 0.490 e. The van der Waals surface area contributed by atoms with Crippen LogP contribution in [0.3, 0.4) is 0 Å². The van der Waals surface area contributed by atoms with Crippen LogP contribution in [0.25, 0.3) is 22.4 Å². The molecular weight excluding hydrogens is 455 g/mol. The maximum atomic E-state index is 10.6. The Balaban J connectivity index is 0.000000364. The minimum Gasteiger partial charge on any atom is -0.475 e. The standard InChI is InChI=1S/C25H23N3.C2HF3O2/c1-2-5-22-14-24(13-21(22)4-1)27-15-18-8-10-19(11-9-18)20-6-3-7-23(12-20)25-16-26-17-28-25;3-2(4,5)1(6)7/h1-12,16-17,24,27H,13-15H2,(H,26,28);(H,6,7). The number of halogens is 3. The SMILES string of the molecule is O=C(O)C(F)(F)F.c1cc(-c2ccc(CNC3Cc4ccccc4C3)cc2)cc(-c2cnc[nH]2)c1. The van der Waals surface area contributed by atoms with Gasteiger partial charge in [0.1, 0.15) is 0 Å². The second-order valence-electron chi connectivity index (χ2n) is 8.30. The molecule has 5 nitrogen and oxygen atoms in total. The van der Waals surface area contributed by atoms with Crippen molar-refractivity contribution in [2.45, 2.75) is 31.6 Å². The summed E-state index contributed by atoms with van der Waals surface area (Å²) in [7, 11) is 0. The summed E-state index contributed by atoms with van der Waals surface area (Å²) in [6.45, 7) is 0.910. The summed E-state index contributed by atoms with van der Waals surface area (Å²) in [5.74, 6) is -2.76. The Morgan fingerprint density at radius 3 is 2.14 bits per heavy atom. The molecule has 4 aromatic rings. The van der Waals surface area contributed by atoms with Crippen molar-refractivity contribution in [3.8, 4) is 22.4 Å². The van der Waals surface area contributed by atoms with Crippen LogP contribution in [0, 0.1) is 0 Å². The summed E-state index contributed by atoms with van der Waals surface area (Å²) in [6, 6.07) is 26.8. The third-order valence-electron chi connectivity index (χ3n) is 5.85. The van der Waals surface area contributed by atoms with Crippen LogP contribution in [0.5, 0.6) is 0 Å². The molecule has 1 aromatic heterocycles. The largest absolute Gasteiger partial charge is 0.490 e. The van der Waals surface area contributed by atoms with E-state index in [4.69, 9.17) is 9.90 Å². The lowest BCUT2D eigenvalue weighted by molar-refractivity contribution is -0.192. The topological polar surface area (TPSA) is 78.0 Å². The number of carboxylic acids is 1. The van der Waals surface area contributed by atoms with Gasteiger partial charge < -0.3 is 15.4 Å². The van der Waals surface area contributed by atoms with Gasteiger partial charge in [-0.2, -0.15) is 13.2 Å². The normalized spacial score (nSPS) is 13.1. The number of benzene rings is 3. The number of alkyl halides is 3. The van der Waals surface area contributed by atoms with Gasteiger partial charge in [-0.1, -0.05) is 66.7 Å². The predicted octanol–water partition coefficient (Wildman–Crippen LogP) is 5.63. The third kappa shape index (κ3) is 6.36. The van der Waals surface area contributed by atoms with Gasteiger partial charge in [0.15, 0.2) is 0 Å². The lowest BCUT2D eigenvalue weighted by atomic mass is 10.0. The number of imidazole rings is 1. The number of aliphatic carboxylic acids is 1. The summed E-state index contributed by atoms with van der Waals surface area (Å²) in [6.07, 6.45) is 0.755. The van der Waals surface area contributed by atoms with Crippen LogP contribution in [0.4, 0.5) is 13.2 Å². The molecule has 35 heavy (non-hydrogen) atoms. The van der Waals surface area contributed by atoms with E-state index in [1.54, 1.807) is 6.33 Å². The highest BCUT2D eigenvalue weighted by Gasteiger charge is 2.38. The molecule has 1 heterocycles. The van der Waals surface area contributed by atoms with Crippen LogP contribution >= 0.6 is 0 Å². The van der Waals surface area contributed by atoms with E-state index < -0.39 is 12.1 Å². The smallest absolute Gasteiger partial charge is 0.475 e. The van der Waals surface area contributed by atoms with Gasteiger partial charge in [0, 0.05) is 18.2 Å². The zero-order chi connectivity index (χ0) is 24.8. The van der Waals surface area contributed by atoms with Gasteiger partial charge in [-0.05, 0) is 46.7 Å². The van der Waals surface area contributed by atoms with E-state index in [1.165, 1.54) is 27.8 Å². The highest BCUT2D eigenvalue weighted by atomic mass is 19.4. The molecule has 0 fully saturated rings. The molecule has 8 heteroatoms. The number of hydrogen-bond donors (Lipinski definition) is 3. The molecule has 0 bridgehead atoms. The van der Waals surface area contributed by atoms with Crippen molar-refractivity contribution in [3.63, 3.8) is 0 Å². The number of rotatable bonds is 5. The van der Waals surface area contributed by atoms with Gasteiger partial charge in [-0.25, -0.2) is 9.78 Å². The number of carbonyl (C=O) groups is 1. The molecule has 0 atom stereocenters. The molecule has 0 unspecified atom stereocenters. The van der Waals surface area contributed by atoms with Gasteiger partial charge in [0.05, 0.1) is 18.2 Å². The van der Waals surface area contributed by atoms with Crippen LogP contribution in [0.15, 0.2) is 85.3 Å². The van der Waals surface area contributed by atoms with Gasteiger partial charge in [0.2, 0.25) is 0 Å². The van der Waals surface area contributed by atoms with E-state index in [-0.39, 0.29) is 0 Å². The van der Waals surface area contributed by atoms with E-state index in [9.17, 15) is 13.2 Å². The summed E-state index contributed by atoms with van der Waals surface area (Å²) < 4.78 is 31.7. The number of aromatic amines is 1. The molecule has 0 aliphatic heterocycles. The number of carboxylic acid groups (broad SMARTS) is 1. The number of hydrogen-bond acceptors (Lipinski definition) is 3. The van der Waals surface area contributed by atoms with Crippen LogP contribution in [0.2, 0.25) is 0 Å². The van der Waals surface area contributed by atoms with Gasteiger partial charge in [-0.15, -0.1) is 0 Å². The molecule has 1 aliphatic carbocycles. The molecule has 3 aromatic carbocycles. The van der Waals surface area contributed by atoms with Crippen LogP contribution in [-0.2, 0) is 24.2 Å². The van der Waals surface area contributed by atoms with Crippen molar-refractivity contribution in [3.05, 3.63) is 102 Å². The summed E-state index contributed by atoms with van der Waals surface area (Å²) >= 11 is 0. The van der Waals surface area contributed by atoms with E-state index in [0.29, 0.717) is 6.04 Å². The lowest BCUT2D eigenvalue weighted by Crippen LogP contribution is -2.28. The Kier molecular flexibility index (Phi) is 7.31. The number of aromatic nitrogens is 2. The highest BCUT2D eigenvalue weighted by Crippen LogP contribution is 2.26. The van der Waals surface area contributed by atoms with Crippen molar-refractivity contribution >= 4 is 5.97 Å². The zero-order valence-electron chi connectivity index (χ0n) is 18.7. The quantitative estimate of drug-likeness (QED) is 0.347. The first-order valence-corrected chi connectivity index (χ1v) is 11.1. The molecule has 0 spiro atoms. The van der Waals surface area contributed by atoms with E-state index >= 15 is 0 Å². The van der Waals surface area contributed by atoms with Crippen LogP contribution in [-0.4, -0.2) is 33.3 Å². The van der Waals surface area contributed by atoms with Crippen molar-refractivity contribution < 1.29 is 23.1 Å². The lowest BCUT2D eigenvalue weighted by Gasteiger charge is -2.12. The van der Waals surface area contributed by atoms with Crippen molar-refractivity contribution in [2.24, 2.45) is 0 Å². The van der Waals surface area contributed by atoms with Crippen molar-refractivity contribution in [1.29, 1.82) is 0 Å². The fourth-order valence-corrected chi connectivity index (χ4v) is 4.06. The Bertz CT molecular complexity index is 1240. The molecule has 3 N–H and O–H groups in total. The highest BCUT2D eigenvalue weighted by molar-refractivity contribution is 5.73. The number of fused-ring (bicyclic) bond motifs is 1. The molecule has 0 saturated carbocycles. The average molecular weight is 480 g/mol. The summed E-state index contributed by atoms with van der Waals surface area (Å²) in [5, 5.41) is 10.8. The first kappa shape index (κ1) is 24.2. The van der Waals surface area contributed by atoms with E-state index in [1.807, 2.05) is 6.20 Å². The molecule has 0 saturated heterocycles. The minimum absolute atomic E-state index is 0.545. The van der Waals surface area contributed by atoms with Gasteiger partial charge in [-0.3, -0.25) is 0 Å². The fourth-order valence-electron chi connectivity index (χ4n) is 4.06. The maximum absolute atomic E-state index is 10.6. The molecule has 0 amide bonds. The second kappa shape index (κ2) is 10.6. The molecule has 180 valence electrons. The Morgan fingerprint density at radius 1 is 0.943 bits per heavy atom. The van der Waals surface area contributed by atoms with E-state index in [2.05, 4.69) is 88.1 Å².